The molecule has 2 bridgehead atoms. The largest absolute Gasteiger partial charge is 0.274 e. The maximum Gasteiger partial charge on any atom is 0.238 e. The van der Waals surface area contributed by atoms with Gasteiger partial charge in [0.25, 0.3) is 0 Å². The van der Waals surface area contributed by atoms with Crippen LogP contribution in [0.3, 0.4) is 0 Å². The molecule has 1 heterocycles. The summed E-state index contributed by atoms with van der Waals surface area (Å²) in [5.74, 6) is 1.72. The van der Waals surface area contributed by atoms with Crippen molar-refractivity contribution >= 4 is 33.4 Å². The smallest absolute Gasteiger partial charge is 0.238 e. The molecule has 0 radical (unpaired) electrons. The molecule has 6 atom stereocenters. The molecule has 3 nitrogen and oxygen atoms in total. The number of imide groups is 1. The summed E-state index contributed by atoms with van der Waals surface area (Å²) in [6.45, 7) is 4.17. The zero-order valence-electron chi connectivity index (χ0n) is 14.5. The van der Waals surface area contributed by atoms with E-state index in [1.807, 2.05) is 0 Å². The Hall–Kier alpha value is -1.42. The van der Waals surface area contributed by atoms with E-state index in [1.54, 1.807) is 4.90 Å². The Morgan fingerprint density at radius 1 is 0.960 bits per heavy atom. The molecule has 3 fully saturated rings. The van der Waals surface area contributed by atoms with Gasteiger partial charge in [0.05, 0.1) is 17.5 Å². The highest BCUT2D eigenvalue weighted by Crippen LogP contribution is 2.65. The number of anilines is 1. The second-order valence-electron chi connectivity index (χ2n) is 7.95. The molecule has 2 amide bonds. The monoisotopic (exact) mass is 399 g/mol. The summed E-state index contributed by atoms with van der Waals surface area (Å²) in [4.78, 5) is 28.3. The van der Waals surface area contributed by atoms with Crippen LogP contribution < -0.4 is 4.90 Å². The molecule has 25 heavy (non-hydrogen) atoms. The van der Waals surface area contributed by atoms with Gasteiger partial charge in [-0.25, -0.2) is 4.90 Å². The molecule has 4 aliphatic carbocycles. The van der Waals surface area contributed by atoms with E-state index in [9.17, 15) is 9.59 Å². The van der Waals surface area contributed by atoms with Crippen molar-refractivity contribution in [3.8, 4) is 0 Å². The minimum Gasteiger partial charge on any atom is -0.274 e. The molecule has 2 saturated carbocycles. The Bertz CT molecular complexity index is 768. The highest BCUT2D eigenvalue weighted by atomic mass is 79.9. The molecule has 0 unspecified atom stereocenters. The van der Waals surface area contributed by atoms with Gasteiger partial charge in [-0.3, -0.25) is 9.59 Å². The molecule has 0 aromatic heterocycles. The van der Waals surface area contributed by atoms with Gasteiger partial charge < -0.3 is 0 Å². The van der Waals surface area contributed by atoms with E-state index in [-0.39, 0.29) is 35.5 Å². The minimum atomic E-state index is -0.121. The fourth-order valence-corrected chi connectivity index (χ4v) is 6.27. The Morgan fingerprint density at radius 3 is 1.88 bits per heavy atom. The van der Waals surface area contributed by atoms with Crippen LogP contribution in [0.4, 0.5) is 5.69 Å². The number of hydrogen-bond donors (Lipinski definition) is 0. The van der Waals surface area contributed by atoms with Crippen molar-refractivity contribution < 1.29 is 9.59 Å². The molecular weight excluding hydrogens is 378 g/mol. The Labute approximate surface area is 156 Å². The quantitative estimate of drug-likeness (QED) is 0.565. The number of aryl methyl sites for hydroxylation is 2. The number of nitrogens with zero attached hydrogens (tertiary/aromatic N) is 1. The Balaban J connectivity index is 1.63. The first kappa shape index (κ1) is 15.8. The average Bonchev–Trinajstić information content (AvgIpc) is 3.39. The molecule has 1 aliphatic heterocycles. The van der Waals surface area contributed by atoms with Gasteiger partial charge in [-0.1, -0.05) is 41.9 Å². The summed E-state index contributed by atoms with van der Waals surface area (Å²) in [5, 5.41) is 0. The number of halogens is 1. The van der Waals surface area contributed by atoms with Gasteiger partial charge in [0.1, 0.15) is 0 Å². The van der Waals surface area contributed by atoms with Crippen molar-refractivity contribution in [2.24, 2.45) is 35.5 Å². The second kappa shape index (κ2) is 5.29. The number of allylic oxidation sites excluding steroid dienone is 2. The summed E-state index contributed by atoms with van der Waals surface area (Å²) in [6, 6.07) is 4.11. The van der Waals surface area contributed by atoms with Gasteiger partial charge in [-0.15, -0.1) is 0 Å². The van der Waals surface area contributed by atoms with Crippen molar-refractivity contribution in [1.82, 2.24) is 0 Å². The van der Waals surface area contributed by atoms with Crippen molar-refractivity contribution in [2.75, 3.05) is 4.90 Å². The lowest BCUT2D eigenvalue weighted by molar-refractivity contribution is -0.124. The van der Waals surface area contributed by atoms with Gasteiger partial charge in [-0.05, 0) is 66.2 Å². The van der Waals surface area contributed by atoms with E-state index in [0.29, 0.717) is 11.8 Å². The predicted octanol–water partition coefficient (Wildman–Crippen LogP) is 4.13. The van der Waals surface area contributed by atoms with Gasteiger partial charge in [0.2, 0.25) is 11.8 Å². The molecule has 1 aromatic rings. The molecule has 0 N–H and O–H groups in total. The summed E-state index contributed by atoms with van der Waals surface area (Å²) in [7, 11) is 0. The average molecular weight is 400 g/mol. The van der Waals surface area contributed by atoms with E-state index in [2.05, 4.69) is 54.1 Å². The van der Waals surface area contributed by atoms with E-state index in [0.717, 1.165) is 34.1 Å². The first-order valence-electron chi connectivity index (χ1n) is 9.44. The molecule has 5 aliphatic rings. The number of rotatable bonds is 3. The predicted molar refractivity (Wildman–Crippen MR) is 100 cm³/mol. The zero-order valence-corrected chi connectivity index (χ0v) is 16.1. The lowest BCUT2D eigenvalue weighted by atomic mass is 9.63. The highest BCUT2D eigenvalue weighted by Gasteiger charge is 2.67. The van der Waals surface area contributed by atoms with Crippen LogP contribution in [0.15, 0.2) is 28.8 Å². The Morgan fingerprint density at radius 2 is 1.44 bits per heavy atom. The first-order chi connectivity index (χ1) is 12.1. The molecule has 6 rings (SSSR count). The molecule has 0 spiro atoms. The molecular formula is C21H22BrNO2. The standard InChI is InChI=1S/C21H22BrNO2/c1-3-10-7-12(22)8-11(4-2)19(10)23-20(24)17-13-5-6-14(16-9-15(13)16)18(17)21(23)25/h5-8,13-18H,3-4,9H2,1-2H3/t13-,14-,15-,16+,17-,18-/m1/s1. The van der Waals surface area contributed by atoms with Crippen molar-refractivity contribution in [1.29, 1.82) is 0 Å². The lowest BCUT2D eigenvalue weighted by Crippen LogP contribution is -2.40. The highest BCUT2D eigenvalue weighted by molar-refractivity contribution is 9.10. The summed E-state index contributed by atoms with van der Waals surface area (Å²) >= 11 is 3.57. The van der Waals surface area contributed by atoms with E-state index < -0.39 is 0 Å². The summed E-state index contributed by atoms with van der Waals surface area (Å²) in [6.07, 6.45) is 7.29. The van der Waals surface area contributed by atoms with Gasteiger partial charge in [-0.2, -0.15) is 0 Å². The third kappa shape index (κ3) is 1.98. The number of hydrogen-bond acceptors (Lipinski definition) is 2. The van der Waals surface area contributed by atoms with Gasteiger partial charge in [0, 0.05) is 4.47 Å². The second-order valence-corrected chi connectivity index (χ2v) is 8.86. The van der Waals surface area contributed by atoms with Gasteiger partial charge in [0.15, 0.2) is 0 Å². The Kier molecular flexibility index (Phi) is 3.35. The summed E-state index contributed by atoms with van der Waals surface area (Å²) in [5.41, 5.74) is 3.03. The van der Waals surface area contributed by atoms with Crippen molar-refractivity contribution in [2.45, 2.75) is 33.1 Å². The number of carbonyl (C=O) groups excluding carboxylic acids is 2. The third-order valence-electron chi connectivity index (χ3n) is 6.88. The number of benzene rings is 1. The van der Waals surface area contributed by atoms with Crippen LogP contribution in [-0.4, -0.2) is 11.8 Å². The van der Waals surface area contributed by atoms with Crippen LogP contribution in [0, 0.1) is 35.5 Å². The normalized spacial score (nSPS) is 37.5. The third-order valence-corrected chi connectivity index (χ3v) is 7.34. The molecule has 1 saturated heterocycles. The van der Waals surface area contributed by atoms with Crippen LogP contribution in [-0.2, 0) is 22.4 Å². The zero-order chi connectivity index (χ0) is 17.5. The number of amides is 2. The fraction of sp³-hybridized carbons (Fsp3) is 0.524. The van der Waals surface area contributed by atoms with Crippen LogP contribution in [0.2, 0.25) is 0 Å². The maximum absolute atomic E-state index is 13.4. The van der Waals surface area contributed by atoms with Crippen LogP contribution in [0.25, 0.3) is 0 Å². The first-order valence-corrected chi connectivity index (χ1v) is 10.2. The van der Waals surface area contributed by atoms with Gasteiger partial charge >= 0.3 is 0 Å². The van der Waals surface area contributed by atoms with E-state index in [1.165, 1.54) is 6.42 Å². The van der Waals surface area contributed by atoms with Crippen LogP contribution >= 0.6 is 15.9 Å². The van der Waals surface area contributed by atoms with Crippen molar-refractivity contribution in [3.63, 3.8) is 0 Å². The SMILES string of the molecule is CCc1cc(Br)cc(CC)c1N1C(=O)[C@@H]2[C@@H]3C=C[C@H]([C@@H]4C[C@H]34)[C@H]2C1=O. The van der Waals surface area contributed by atoms with Crippen LogP contribution in [0.1, 0.15) is 31.4 Å². The van der Waals surface area contributed by atoms with Crippen molar-refractivity contribution in [3.05, 3.63) is 39.9 Å². The van der Waals surface area contributed by atoms with E-state index >= 15 is 0 Å². The van der Waals surface area contributed by atoms with Crippen LogP contribution in [0.5, 0.6) is 0 Å². The molecule has 130 valence electrons. The van der Waals surface area contributed by atoms with E-state index in [4.69, 9.17) is 0 Å². The minimum absolute atomic E-state index is 0.0476. The lowest BCUT2D eigenvalue weighted by Gasteiger charge is -2.37. The topological polar surface area (TPSA) is 37.4 Å². The fourth-order valence-electron chi connectivity index (χ4n) is 5.72. The molecule has 1 aromatic carbocycles. The summed E-state index contributed by atoms with van der Waals surface area (Å²) < 4.78 is 1.02. The number of carbonyl (C=O) groups is 2. The maximum atomic E-state index is 13.4. The molecule has 4 heteroatoms.